The zero-order valence-electron chi connectivity index (χ0n) is 13.6. The molecule has 0 bridgehead atoms. The number of methoxy groups -OCH3 is 1. The van der Waals surface area contributed by atoms with E-state index < -0.39 is 0 Å². The fraction of sp³-hybridized carbons (Fsp3) is 0.294. The van der Waals surface area contributed by atoms with Gasteiger partial charge in [-0.2, -0.15) is 0 Å². The van der Waals surface area contributed by atoms with Crippen LogP contribution in [0.2, 0.25) is 0 Å². The van der Waals surface area contributed by atoms with E-state index in [1.165, 1.54) is 0 Å². The minimum Gasteiger partial charge on any atom is -0.495 e. The summed E-state index contributed by atoms with van der Waals surface area (Å²) in [5.41, 5.74) is 2.78. The first kappa shape index (κ1) is 18.0. The first-order valence-corrected chi connectivity index (χ1v) is 8.58. The Morgan fingerprint density at radius 2 is 2.08 bits per heavy atom. The van der Waals surface area contributed by atoms with Gasteiger partial charge in [-0.3, -0.25) is 4.98 Å². The molecule has 132 valence electrons. The summed E-state index contributed by atoms with van der Waals surface area (Å²) in [5, 5.41) is 8.82. The van der Waals surface area contributed by atoms with Gasteiger partial charge in [0.05, 0.1) is 13.2 Å². The van der Waals surface area contributed by atoms with Gasteiger partial charge in [0.25, 0.3) is 0 Å². The monoisotopic (exact) mass is 424 g/mol. The molecule has 2 aromatic heterocycles. The number of piperazine rings is 1. The van der Waals surface area contributed by atoms with Crippen molar-refractivity contribution in [2.75, 3.05) is 31.6 Å². The second-order valence-electron chi connectivity index (χ2n) is 5.65. The van der Waals surface area contributed by atoms with Crippen LogP contribution >= 0.6 is 28.3 Å². The molecule has 1 aliphatic rings. The van der Waals surface area contributed by atoms with Gasteiger partial charge in [0.1, 0.15) is 15.9 Å². The van der Waals surface area contributed by atoms with Crippen LogP contribution in [-0.2, 0) is 0 Å². The van der Waals surface area contributed by atoms with E-state index in [1.807, 2.05) is 36.7 Å². The first-order valence-electron chi connectivity index (χ1n) is 7.78. The van der Waals surface area contributed by atoms with Crippen LogP contribution in [0.1, 0.15) is 11.7 Å². The lowest BCUT2D eigenvalue weighted by Crippen LogP contribution is -2.46. The molecule has 1 fully saturated rings. The Kier molecular flexibility index (Phi) is 5.46. The lowest BCUT2D eigenvalue weighted by molar-refractivity contribution is 0.403. The van der Waals surface area contributed by atoms with Gasteiger partial charge in [0, 0.05) is 43.1 Å². The average molecular weight is 426 g/mol. The molecular weight excluding hydrogens is 408 g/mol. The molecule has 4 rings (SSSR count). The van der Waals surface area contributed by atoms with Crippen LogP contribution in [0.4, 0.5) is 5.69 Å². The Morgan fingerprint density at radius 1 is 1.28 bits per heavy atom. The van der Waals surface area contributed by atoms with E-state index in [0.717, 1.165) is 46.6 Å². The summed E-state index contributed by atoms with van der Waals surface area (Å²) in [6.07, 6.45) is 3.63. The Balaban J connectivity index is 0.00000182. The van der Waals surface area contributed by atoms with Gasteiger partial charge >= 0.3 is 0 Å². The van der Waals surface area contributed by atoms with Crippen LogP contribution in [-0.4, -0.2) is 36.9 Å². The van der Waals surface area contributed by atoms with Crippen molar-refractivity contribution in [3.8, 4) is 5.75 Å². The molecule has 8 heteroatoms. The molecule has 1 saturated heterocycles. The van der Waals surface area contributed by atoms with E-state index in [4.69, 9.17) is 9.26 Å². The predicted molar refractivity (Wildman–Crippen MR) is 103 cm³/mol. The quantitative estimate of drug-likeness (QED) is 0.692. The van der Waals surface area contributed by atoms with Gasteiger partial charge in [-0.25, -0.2) is 0 Å². The van der Waals surface area contributed by atoms with Crippen LogP contribution in [0.15, 0.2) is 45.7 Å². The summed E-state index contributed by atoms with van der Waals surface area (Å²) in [7, 11) is 1.64. The number of anilines is 1. The molecule has 0 amide bonds. The lowest BCUT2D eigenvalue weighted by Gasteiger charge is -2.36. The maximum absolute atomic E-state index is 5.62. The van der Waals surface area contributed by atoms with E-state index in [0.29, 0.717) is 5.58 Å². The molecule has 3 aromatic rings. The Labute approximate surface area is 160 Å². The van der Waals surface area contributed by atoms with E-state index in [2.05, 4.69) is 36.3 Å². The second kappa shape index (κ2) is 7.59. The number of fused-ring (bicyclic) bond motifs is 1. The third-order valence-corrected chi connectivity index (χ3v) is 5.10. The second-order valence-corrected chi connectivity index (χ2v) is 6.44. The Bertz CT molecular complexity index is 858. The number of rotatable bonds is 3. The average Bonchev–Trinajstić information content (AvgIpc) is 3.08. The van der Waals surface area contributed by atoms with Gasteiger partial charge in [0.15, 0.2) is 5.58 Å². The number of aromatic nitrogens is 2. The number of nitrogens with one attached hydrogen (secondary N) is 1. The lowest BCUT2D eigenvalue weighted by atomic mass is 10.0. The molecule has 1 aliphatic heterocycles. The van der Waals surface area contributed by atoms with Crippen molar-refractivity contribution in [3.05, 3.63) is 46.8 Å². The highest BCUT2D eigenvalue weighted by molar-refractivity contribution is 9.10. The zero-order chi connectivity index (χ0) is 16.5. The van der Waals surface area contributed by atoms with Crippen molar-refractivity contribution in [2.24, 2.45) is 0 Å². The Hall–Kier alpha value is -1.83. The topological polar surface area (TPSA) is 63.4 Å². The molecule has 0 aliphatic carbocycles. The molecule has 3 heterocycles. The maximum Gasteiger partial charge on any atom is 0.185 e. The zero-order valence-corrected chi connectivity index (χ0v) is 16.0. The smallest absolute Gasteiger partial charge is 0.185 e. The molecule has 1 aromatic carbocycles. The molecule has 1 N–H and O–H groups in total. The van der Waals surface area contributed by atoms with Crippen LogP contribution in [0.5, 0.6) is 5.75 Å². The minimum absolute atomic E-state index is 0. The molecule has 0 saturated carbocycles. The number of halogens is 2. The number of hydrogen-bond acceptors (Lipinski definition) is 6. The largest absolute Gasteiger partial charge is 0.495 e. The highest BCUT2D eigenvalue weighted by Gasteiger charge is 2.29. The first-order chi connectivity index (χ1) is 11.8. The highest BCUT2D eigenvalue weighted by Crippen LogP contribution is 2.38. The molecule has 6 nitrogen and oxygen atoms in total. The summed E-state index contributed by atoms with van der Waals surface area (Å²) in [4.78, 5) is 6.45. The third-order valence-electron chi connectivity index (χ3n) is 4.35. The van der Waals surface area contributed by atoms with E-state index >= 15 is 0 Å². The third kappa shape index (κ3) is 3.19. The van der Waals surface area contributed by atoms with E-state index in [-0.39, 0.29) is 18.4 Å². The number of hydrogen-bond donors (Lipinski definition) is 1. The molecule has 1 atom stereocenters. The van der Waals surface area contributed by atoms with Crippen LogP contribution < -0.4 is 15.0 Å². The summed E-state index contributed by atoms with van der Waals surface area (Å²) < 4.78 is 11.7. The molecule has 0 spiro atoms. The van der Waals surface area contributed by atoms with Crippen molar-refractivity contribution in [3.63, 3.8) is 0 Å². The van der Waals surface area contributed by atoms with Crippen molar-refractivity contribution in [1.29, 1.82) is 0 Å². The summed E-state index contributed by atoms with van der Waals surface area (Å²) in [5.74, 6) is 0.734. The standard InChI is InChI=1S/C17H17BrN4O2.ClH/c1-23-14-3-2-12-16(21-24-17(12)15(14)18)13-10-20-8-9-22(13)11-4-6-19-7-5-11;/h2-7,13,20H,8-10H2,1H3;1H. The number of ether oxygens (including phenoxy) is 1. The number of benzene rings is 1. The van der Waals surface area contributed by atoms with Gasteiger partial charge in [-0.05, 0) is 40.2 Å². The van der Waals surface area contributed by atoms with Gasteiger partial charge in [-0.1, -0.05) is 5.16 Å². The van der Waals surface area contributed by atoms with Gasteiger partial charge in [0.2, 0.25) is 0 Å². The molecular formula is C17H18BrClN4O2. The van der Waals surface area contributed by atoms with Crippen molar-refractivity contribution < 1.29 is 9.26 Å². The molecule has 0 radical (unpaired) electrons. The van der Waals surface area contributed by atoms with E-state index in [9.17, 15) is 0 Å². The minimum atomic E-state index is 0. The number of pyridine rings is 1. The fourth-order valence-corrected chi connectivity index (χ4v) is 3.74. The van der Waals surface area contributed by atoms with Crippen LogP contribution in [0, 0.1) is 0 Å². The van der Waals surface area contributed by atoms with E-state index in [1.54, 1.807) is 7.11 Å². The normalized spacial score (nSPS) is 17.4. The van der Waals surface area contributed by atoms with Crippen molar-refractivity contribution in [1.82, 2.24) is 15.5 Å². The van der Waals surface area contributed by atoms with Gasteiger partial charge < -0.3 is 19.5 Å². The Morgan fingerprint density at radius 3 is 2.84 bits per heavy atom. The predicted octanol–water partition coefficient (Wildman–Crippen LogP) is 3.57. The summed E-state index contributed by atoms with van der Waals surface area (Å²) in [6.45, 7) is 2.65. The van der Waals surface area contributed by atoms with Crippen molar-refractivity contribution >= 4 is 45.0 Å². The number of nitrogens with zero attached hydrogens (tertiary/aromatic N) is 3. The summed E-state index contributed by atoms with van der Waals surface area (Å²) >= 11 is 3.54. The van der Waals surface area contributed by atoms with Crippen molar-refractivity contribution in [2.45, 2.75) is 6.04 Å². The SMILES string of the molecule is COc1ccc2c(C3CNCCN3c3ccncc3)noc2c1Br.Cl. The molecule has 25 heavy (non-hydrogen) atoms. The van der Waals surface area contributed by atoms with Crippen LogP contribution in [0.3, 0.4) is 0 Å². The van der Waals surface area contributed by atoms with Gasteiger partial charge in [-0.15, -0.1) is 12.4 Å². The maximum atomic E-state index is 5.62. The highest BCUT2D eigenvalue weighted by atomic mass is 79.9. The molecule has 1 unspecified atom stereocenters. The fourth-order valence-electron chi connectivity index (χ4n) is 3.16. The van der Waals surface area contributed by atoms with Crippen LogP contribution in [0.25, 0.3) is 11.0 Å². The summed E-state index contributed by atoms with van der Waals surface area (Å²) in [6, 6.07) is 8.09.